The maximum absolute atomic E-state index is 12.6. The molecule has 0 saturated heterocycles. The summed E-state index contributed by atoms with van der Waals surface area (Å²) in [4.78, 5) is 12.1. The van der Waals surface area contributed by atoms with E-state index in [9.17, 15) is 18.0 Å². The summed E-state index contributed by atoms with van der Waals surface area (Å²) in [6.07, 6.45) is -4.40. The zero-order valence-corrected chi connectivity index (χ0v) is 13.0. The lowest BCUT2D eigenvalue weighted by atomic mass is 10.1. The number of amides is 1. The van der Waals surface area contributed by atoms with E-state index in [0.29, 0.717) is 11.4 Å². The minimum Gasteiger partial charge on any atom is -0.375 e. The van der Waals surface area contributed by atoms with Crippen LogP contribution in [0.3, 0.4) is 0 Å². The van der Waals surface area contributed by atoms with Gasteiger partial charge < -0.3 is 11.1 Å². The Morgan fingerprint density at radius 2 is 1.62 bits per heavy atom. The number of anilines is 2. The summed E-state index contributed by atoms with van der Waals surface area (Å²) >= 11 is 4.59. The zero-order chi connectivity index (χ0) is 17.7. The highest BCUT2D eigenvalue weighted by atomic mass is 32.1. The number of benzene rings is 2. The standard InChI is InChI=1S/C15H13F3N4OS/c16-15(17,18)9-5-7-10(8-6-9)20-12-4-2-1-3-11(12)13(23)21-22-14(19)24/h1-8,20H,(H,21,23)(H3,19,22,24). The summed E-state index contributed by atoms with van der Waals surface area (Å²) < 4.78 is 37.7. The van der Waals surface area contributed by atoms with Crippen molar-refractivity contribution in [2.45, 2.75) is 6.18 Å². The smallest absolute Gasteiger partial charge is 0.375 e. The van der Waals surface area contributed by atoms with E-state index in [0.717, 1.165) is 12.1 Å². The Kier molecular flexibility index (Phi) is 5.24. The molecule has 0 fully saturated rings. The van der Waals surface area contributed by atoms with E-state index in [2.05, 4.69) is 28.4 Å². The molecule has 2 aromatic carbocycles. The van der Waals surface area contributed by atoms with Gasteiger partial charge in [0.25, 0.3) is 5.91 Å². The van der Waals surface area contributed by atoms with Gasteiger partial charge >= 0.3 is 6.18 Å². The van der Waals surface area contributed by atoms with Gasteiger partial charge in [0.1, 0.15) is 0 Å². The Labute approximate surface area is 141 Å². The molecule has 9 heteroatoms. The number of rotatable bonds is 3. The van der Waals surface area contributed by atoms with E-state index in [1.54, 1.807) is 24.3 Å². The molecule has 0 saturated carbocycles. The predicted octanol–water partition coefficient (Wildman–Crippen LogP) is 2.93. The Morgan fingerprint density at radius 1 is 1.00 bits per heavy atom. The van der Waals surface area contributed by atoms with Gasteiger partial charge in [0.05, 0.1) is 16.8 Å². The first-order chi connectivity index (χ1) is 11.3. The summed E-state index contributed by atoms with van der Waals surface area (Å²) in [5.41, 5.74) is 10.2. The molecule has 0 bridgehead atoms. The monoisotopic (exact) mass is 354 g/mol. The summed E-state index contributed by atoms with van der Waals surface area (Å²) in [6, 6.07) is 11.0. The van der Waals surface area contributed by atoms with Gasteiger partial charge in [-0.1, -0.05) is 12.1 Å². The highest BCUT2D eigenvalue weighted by molar-refractivity contribution is 7.80. The minimum absolute atomic E-state index is 0.100. The van der Waals surface area contributed by atoms with Crippen LogP contribution >= 0.6 is 12.2 Å². The minimum atomic E-state index is -4.40. The van der Waals surface area contributed by atoms with Crippen LogP contribution in [0.2, 0.25) is 0 Å². The lowest BCUT2D eigenvalue weighted by molar-refractivity contribution is -0.137. The number of halogens is 3. The molecule has 5 nitrogen and oxygen atoms in total. The second-order valence-corrected chi connectivity index (χ2v) is 5.13. The number of hydrogen-bond acceptors (Lipinski definition) is 3. The number of para-hydroxylation sites is 1. The van der Waals surface area contributed by atoms with Crippen LogP contribution in [0.4, 0.5) is 24.5 Å². The number of carbonyl (C=O) groups excluding carboxylic acids is 1. The Morgan fingerprint density at radius 3 is 2.21 bits per heavy atom. The van der Waals surface area contributed by atoms with Crippen LogP contribution in [0.15, 0.2) is 48.5 Å². The van der Waals surface area contributed by atoms with Gasteiger partial charge in [0.15, 0.2) is 5.11 Å². The Balaban J connectivity index is 2.18. The van der Waals surface area contributed by atoms with Crippen molar-refractivity contribution < 1.29 is 18.0 Å². The second-order valence-electron chi connectivity index (χ2n) is 4.69. The molecule has 126 valence electrons. The van der Waals surface area contributed by atoms with Gasteiger partial charge in [-0.25, -0.2) is 0 Å². The van der Waals surface area contributed by atoms with E-state index in [4.69, 9.17) is 5.73 Å². The van der Waals surface area contributed by atoms with Crippen molar-refractivity contribution in [2.24, 2.45) is 5.73 Å². The van der Waals surface area contributed by atoms with Crippen molar-refractivity contribution in [3.05, 3.63) is 59.7 Å². The molecule has 1 amide bonds. The van der Waals surface area contributed by atoms with Crippen molar-refractivity contribution >= 4 is 34.6 Å². The maximum atomic E-state index is 12.6. The molecule has 2 rings (SSSR count). The maximum Gasteiger partial charge on any atom is 0.416 e. The molecule has 2 aromatic rings. The molecule has 0 aliphatic rings. The van der Waals surface area contributed by atoms with Crippen molar-refractivity contribution in [1.29, 1.82) is 0 Å². The Hall–Kier alpha value is -2.81. The first-order valence-corrected chi connectivity index (χ1v) is 7.07. The van der Waals surface area contributed by atoms with Crippen LogP contribution in [-0.4, -0.2) is 11.0 Å². The molecular weight excluding hydrogens is 341 g/mol. The fourth-order valence-electron chi connectivity index (χ4n) is 1.87. The number of nitrogens with one attached hydrogen (secondary N) is 3. The summed E-state index contributed by atoms with van der Waals surface area (Å²) in [6.45, 7) is 0. The van der Waals surface area contributed by atoms with E-state index in [-0.39, 0.29) is 10.7 Å². The first-order valence-electron chi connectivity index (χ1n) is 6.66. The third-order valence-electron chi connectivity index (χ3n) is 2.96. The molecule has 0 atom stereocenters. The van der Waals surface area contributed by atoms with Crippen LogP contribution in [0, 0.1) is 0 Å². The van der Waals surface area contributed by atoms with Crippen LogP contribution < -0.4 is 21.9 Å². The molecule has 5 N–H and O–H groups in total. The number of hydrogen-bond donors (Lipinski definition) is 4. The average Bonchev–Trinajstić information content (AvgIpc) is 2.53. The van der Waals surface area contributed by atoms with Crippen molar-refractivity contribution in [1.82, 2.24) is 10.9 Å². The third-order valence-corrected chi connectivity index (χ3v) is 3.06. The normalized spacial score (nSPS) is 10.8. The topological polar surface area (TPSA) is 79.2 Å². The lowest BCUT2D eigenvalue weighted by Crippen LogP contribution is -2.44. The fourth-order valence-corrected chi connectivity index (χ4v) is 1.92. The number of hydrazine groups is 1. The largest absolute Gasteiger partial charge is 0.416 e. The highest BCUT2D eigenvalue weighted by Gasteiger charge is 2.29. The number of alkyl halides is 3. The quantitative estimate of drug-likeness (QED) is 0.504. The van der Waals surface area contributed by atoms with Gasteiger partial charge in [0.2, 0.25) is 0 Å². The molecule has 0 radical (unpaired) electrons. The SMILES string of the molecule is NC(=S)NNC(=O)c1ccccc1Nc1ccc(C(F)(F)F)cc1. The van der Waals surface area contributed by atoms with Gasteiger partial charge in [-0.15, -0.1) is 0 Å². The van der Waals surface area contributed by atoms with E-state index in [1.165, 1.54) is 12.1 Å². The van der Waals surface area contributed by atoms with Crippen LogP contribution in [0.25, 0.3) is 0 Å². The van der Waals surface area contributed by atoms with Gasteiger partial charge in [-0.2, -0.15) is 13.2 Å². The first kappa shape index (κ1) is 17.5. The fraction of sp³-hybridized carbons (Fsp3) is 0.0667. The molecule has 0 aliphatic carbocycles. The molecule has 0 aromatic heterocycles. The van der Waals surface area contributed by atoms with Gasteiger partial charge in [-0.3, -0.25) is 15.6 Å². The molecule has 24 heavy (non-hydrogen) atoms. The van der Waals surface area contributed by atoms with Crippen LogP contribution in [0.1, 0.15) is 15.9 Å². The molecular formula is C15H13F3N4OS. The molecule has 0 aliphatic heterocycles. The number of carbonyl (C=O) groups is 1. The average molecular weight is 354 g/mol. The van der Waals surface area contributed by atoms with E-state index >= 15 is 0 Å². The third kappa shape index (κ3) is 4.59. The molecule has 0 spiro atoms. The van der Waals surface area contributed by atoms with E-state index in [1.807, 2.05) is 0 Å². The summed E-state index contributed by atoms with van der Waals surface area (Å²) in [5.74, 6) is -0.502. The number of thiocarbonyl (C=S) groups is 1. The zero-order valence-electron chi connectivity index (χ0n) is 12.1. The van der Waals surface area contributed by atoms with Crippen molar-refractivity contribution in [3.63, 3.8) is 0 Å². The van der Waals surface area contributed by atoms with Crippen LogP contribution in [-0.2, 0) is 6.18 Å². The molecule has 0 heterocycles. The van der Waals surface area contributed by atoms with Crippen molar-refractivity contribution in [2.75, 3.05) is 5.32 Å². The summed E-state index contributed by atoms with van der Waals surface area (Å²) in [5, 5.41) is 2.80. The molecule has 0 unspecified atom stereocenters. The highest BCUT2D eigenvalue weighted by Crippen LogP contribution is 2.30. The summed E-state index contributed by atoms with van der Waals surface area (Å²) in [7, 11) is 0. The van der Waals surface area contributed by atoms with E-state index < -0.39 is 17.6 Å². The van der Waals surface area contributed by atoms with Gasteiger partial charge in [0, 0.05) is 5.69 Å². The van der Waals surface area contributed by atoms with Crippen LogP contribution in [0.5, 0.6) is 0 Å². The Bertz CT molecular complexity index is 747. The second kappa shape index (κ2) is 7.18. The number of nitrogens with two attached hydrogens (primary N) is 1. The van der Waals surface area contributed by atoms with Crippen molar-refractivity contribution in [3.8, 4) is 0 Å². The van der Waals surface area contributed by atoms with Gasteiger partial charge in [-0.05, 0) is 48.6 Å². The predicted molar refractivity (Wildman–Crippen MR) is 88.6 cm³/mol. The lowest BCUT2D eigenvalue weighted by Gasteiger charge is -2.13.